The zero-order valence-electron chi connectivity index (χ0n) is 18.2. The minimum atomic E-state index is -1.07. The average Bonchev–Trinajstić information content (AvgIpc) is 2.79. The smallest absolute Gasteiger partial charge is 0.339 e. The summed E-state index contributed by atoms with van der Waals surface area (Å²) in [6.07, 6.45) is 1.51. The molecule has 164 valence electrons. The van der Waals surface area contributed by atoms with Crippen LogP contribution in [-0.4, -0.2) is 47.6 Å². The van der Waals surface area contributed by atoms with E-state index in [9.17, 15) is 14.7 Å². The normalized spacial score (nSPS) is 16.0. The van der Waals surface area contributed by atoms with Gasteiger partial charge in [-0.25, -0.2) is 9.78 Å². The highest BCUT2D eigenvalue weighted by Gasteiger charge is 2.28. The van der Waals surface area contributed by atoms with Gasteiger partial charge in [0.25, 0.3) is 5.91 Å². The Morgan fingerprint density at radius 1 is 1.06 bits per heavy atom. The van der Waals surface area contributed by atoms with E-state index in [1.165, 1.54) is 23.5 Å². The highest BCUT2D eigenvalue weighted by Crippen LogP contribution is 2.27. The van der Waals surface area contributed by atoms with Crippen LogP contribution in [0.25, 0.3) is 0 Å². The monoisotopic (exact) mass is 430 g/mol. The van der Waals surface area contributed by atoms with Crippen LogP contribution in [0.2, 0.25) is 0 Å². The minimum Gasteiger partial charge on any atom is -0.478 e. The molecule has 1 amide bonds. The van der Waals surface area contributed by atoms with E-state index in [1.807, 2.05) is 11.0 Å². The number of pyridine rings is 1. The summed E-state index contributed by atoms with van der Waals surface area (Å²) < 4.78 is 0. The molecule has 1 fully saturated rings. The molecule has 32 heavy (non-hydrogen) atoms. The van der Waals surface area contributed by atoms with Crippen LogP contribution < -0.4 is 15.1 Å². The summed E-state index contributed by atoms with van der Waals surface area (Å²) in [5, 5.41) is 12.5. The van der Waals surface area contributed by atoms with Crippen molar-refractivity contribution in [2.75, 3.05) is 34.8 Å². The molecule has 0 aliphatic carbocycles. The van der Waals surface area contributed by atoms with E-state index in [0.717, 1.165) is 6.54 Å². The van der Waals surface area contributed by atoms with Gasteiger partial charge in [0.1, 0.15) is 11.4 Å². The van der Waals surface area contributed by atoms with Crippen LogP contribution in [0.3, 0.4) is 0 Å². The number of carbonyl (C=O) groups excluding carboxylic acids is 1. The minimum absolute atomic E-state index is 0.0760. The summed E-state index contributed by atoms with van der Waals surface area (Å²) >= 11 is 0. The maximum Gasteiger partial charge on any atom is 0.339 e. The number of carboxylic acids is 1. The summed E-state index contributed by atoms with van der Waals surface area (Å²) in [5.41, 5.74) is 3.30. The van der Waals surface area contributed by atoms with Crippen molar-refractivity contribution in [3.63, 3.8) is 0 Å². The van der Waals surface area contributed by atoms with Crippen molar-refractivity contribution in [3.8, 4) is 0 Å². The number of aromatic nitrogens is 1. The number of nitrogens with zero attached hydrogens (tertiary/aromatic N) is 3. The van der Waals surface area contributed by atoms with Crippen LogP contribution in [-0.2, 0) is 0 Å². The Morgan fingerprint density at radius 2 is 1.84 bits per heavy atom. The maximum absolute atomic E-state index is 12.4. The van der Waals surface area contributed by atoms with Crippen LogP contribution in [0.15, 0.2) is 66.9 Å². The molecule has 0 spiro atoms. The number of piperazine rings is 1. The second kappa shape index (κ2) is 9.09. The molecule has 2 N–H and O–H groups in total. The van der Waals surface area contributed by atoms with Gasteiger partial charge < -0.3 is 20.2 Å². The standard InChI is InChI=1S/C25H26N4O3/c1-17-7-6-10-21(13-17)29-12-11-28(16-18(29)2)23-22(25(31)32)14-20(15-26-23)27-24(30)19-8-4-3-5-9-19/h3-10,13-15,18H,11-12,16H2,1-2H3,(H,27,30)(H,31,32). The third-order valence-corrected chi connectivity index (χ3v) is 5.65. The van der Waals surface area contributed by atoms with E-state index < -0.39 is 5.97 Å². The van der Waals surface area contributed by atoms with Crippen molar-refractivity contribution in [1.29, 1.82) is 0 Å². The summed E-state index contributed by atoms with van der Waals surface area (Å²) in [6, 6.07) is 18.8. The number of hydrogen-bond donors (Lipinski definition) is 2. The van der Waals surface area contributed by atoms with Crippen LogP contribution in [0.4, 0.5) is 17.2 Å². The number of carboxylic acid groups (broad SMARTS) is 1. The summed E-state index contributed by atoms with van der Waals surface area (Å²) in [5.74, 6) is -0.958. The molecule has 2 heterocycles. The molecule has 1 aliphatic heterocycles. The number of hydrogen-bond acceptors (Lipinski definition) is 5. The molecule has 7 heteroatoms. The lowest BCUT2D eigenvalue weighted by atomic mass is 10.1. The van der Waals surface area contributed by atoms with Gasteiger partial charge in [-0.15, -0.1) is 0 Å². The molecule has 0 radical (unpaired) electrons. The van der Waals surface area contributed by atoms with E-state index in [4.69, 9.17) is 0 Å². The zero-order valence-corrected chi connectivity index (χ0v) is 18.2. The van der Waals surface area contributed by atoms with Crippen molar-refractivity contribution >= 4 is 29.1 Å². The Balaban J connectivity index is 1.52. The molecule has 0 bridgehead atoms. The molecular formula is C25H26N4O3. The number of nitrogens with one attached hydrogen (secondary N) is 1. The first-order valence-corrected chi connectivity index (χ1v) is 10.6. The Kier molecular flexibility index (Phi) is 6.07. The van der Waals surface area contributed by atoms with E-state index in [1.54, 1.807) is 24.3 Å². The lowest BCUT2D eigenvalue weighted by Crippen LogP contribution is -2.52. The molecule has 0 saturated carbocycles. The van der Waals surface area contributed by atoms with Crippen LogP contribution >= 0.6 is 0 Å². The van der Waals surface area contributed by atoms with E-state index in [2.05, 4.69) is 53.3 Å². The first kappa shape index (κ1) is 21.4. The Bertz CT molecular complexity index is 1130. The quantitative estimate of drug-likeness (QED) is 0.635. The van der Waals surface area contributed by atoms with Gasteiger partial charge in [-0.2, -0.15) is 0 Å². The van der Waals surface area contributed by atoms with Gasteiger partial charge in [0, 0.05) is 36.9 Å². The van der Waals surface area contributed by atoms with Crippen LogP contribution in [0.5, 0.6) is 0 Å². The molecule has 3 aromatic rings. The third-order valence-electron chi connectivity index (χ3n) is 5.65. The lowest BCUT2D eigenvalue weighted by molar-refractivity contribution is 0.0696. The molecule has 1 saturated heterocycles. The fourth-order valence-corrected chi connectivity index (χ4v) is 4.07. The molecule has 7 nitrogen and oxygen atoms in total. The Labute approximate surface area is 187 Å². The SMILES string of the molecule is Cc1cccc(N2CCN(c3ncc(NC(=O)c4ccccc4)cc3C(=O)O)CC2C)c1. The van der Waals surface area contributed by atoms with Gasteiger partial charge in [-0.1, -0.05) is 30.3 Å². The number of benzene rings is 2. The fraction of sp³-hybridized carbons (Fsp3) is 0.240. The molecular weight excluding hydrogens is 404 g/mol. The fourth-order valence-electron chi connectivity index (χ4n) is 4.07. The van der Waals surface area contributed by atoms with Gasteiger partial charge in [-0.3, -0.25) is 4.79 Å². The van der Waals surface area contributed by atoms with Gasteiger partial charge in [-0.05, 0) is 49.7 Å². The first-order chi connectivity index (χ1) is 15.4. The third kappa shape index (κ3) is 4.56. The van der Waals surface area contributed by atoms with Crippen molar-refractivity contribution < 1.29 is 14.7 Å². The van der Waals surface area contributed by atoms with Gasteiger partial charge in [0.05, 0.1) is 11.9 Å². The summed E-state index contributed by atoms with van der Waals surface area (Å²) in [4.78, 5) is 33.2. The molecule has 1 aromatic heterocycles. The number of rotatable bonds is 5. The van der Waals surface area contributed by atoms with Gasteiger partial charge in [0.15, 0.2) is 0 Å². The predicted molar refractivity (Wildman–Crippen MR) is 126 cm³/mol. The number of amides is 1. The first-order valence-electron chi connectivity index (χ1n) is 10.6. The van der Waals surface area contributed by atoms with Gasteiger partial charge >= 0.3 is 5.97 Å². The zero-order chi connectivity index (χ0) is 22.7. The molecule has 2 aromatic carbocycles. The van der Waals surface area contributed by atoms with E-state index in [-0.39, 0.29) is 17.5 Å². The Hall–Kier alpha value is -3.87. The second-order valence-electron chi connectivity index (χ2n) is 8.05. The molecule has 1 unspecified atom stereocenters. The van der Waals surface area contributed by atoms with E-state index >= 15 is 0 Å². The largest absolute Gasteiger partial charge is 0.478 e. The van der Waals surface area contributed by atoms with Gasteiger partial charge in [0.2, 0.25) is 0 Å². The molecule has 1 aliphatic rings. The molecule has 4 rings (SSSR count). The van der Waals surface area contributed by atoms with Crippen molar-refractivity contribution in [1.82, 2.24) is 4.98 Å². The van der Waals surface area contributed by atoms with Crippen molar-refractivity contribution in [3.05, 3.63) is 83.6 Å². The highest BCUT2D eigenvalue weighted by atomic mass is 16.4. The number of carbonyl (C=O) groups is 2. The average molecular weight is 431 g/mol. The topological polar surface area (TPSA) is 85.8 Å². The maximum atomic E-state index is 12.4. The number of aryl methyl sites for hydroxylation is 1. The second-order valence-corrected chi connectivity index (χ2v) is 8.05. The number of aromatic carboxylic acids is 1. The summed E-state index contributed by atoms with van der Waals surface area (Å²) in [7, 11) is 0. The van der Waals surface area contributed by atoms with E-state index in [0.29, 0.717) is 30.2 Å². The Morgan fingerprint density at radius 3 is 2.53 bits per heavy atom. The molecule has 1 atom stereocenters. The van der Waals surface area contributed by atoms with Crippen LogP contribution in [0.1, 0.15) is 33.2 Å². The van der Waals surface area contributed by atoms with Crippen LogP contribution in [0, 0.1) is 6.92 Å². The van der Waals surface area contributed by atoms with Crippen molar-refractivity contribution in [2.24, 2.45) is 0 Å². The predicted octanol–water partition coefficient (Wildman–Crippen LogP) is 4.06. The summed E-state index contributed by atoms with van der Waals surface area (Å²) in [6.45, 7) is 6.27. The highest BCUT2D eigenvalue weighted by molar-refractivity contribution is 6.05. The van der Waals surface area contributed by atoms with Crippen molar-refractivity contribution in [2.45, 2.75) is 19.9 Å². The lowest BCUT2D eigenvalue weighted by Gasteiger charge is -2.42. The number of anilines is 3.